The van der Waals surface area contributed by atoms with Gasteiger partial charge >= 0.3 is 0 Å². The van der Waals surface area contributed by atoms with E-state index in [1.54, 1.807) is 18.2 Å². The molecule has 0 fully saturated rings. The zero-order valence-electron chi connectivity index (χ0n) is 11.8. The highest BCUT2D eigenvalue weighted by Gasteiger charge is 2.14. The maximum Gasteiger partial charge on any atom is 0.162 e. The fourth-order valence-corrected chi connectivity index (χ4v) is 2.14. The highest BCUT2D eigenvalue weighted by atomic mass is 19.1. The second kappa shape index (κ2) is 5.41. The van der Waals surface area contributed by atoms with E-state index in [1.165, 1.54) is 13.0 Å². The zero-order valence-corrected chi connectivity index (χ0v) is 11.8. The second-order valence-electron chi connectivity index (χ2n) is 5.07. The lowest BCUT2D eigenvalue weighted by molar-refractivity contribution is 0.101. The number of hydrogen-bond acceptors (Lipinski definition) is 3. The number of anilines is 1. The molecule has 0 aliphatic heterocycles. The van der Waals surface area contributed by atoms with Crippen molar-refractivity contribution < 1.29 is 9.18 Å². The number of ketones is 1. The minimum atomic E-state index is -0.504. The second-order valence-corrected chi connectivity index (χ2v) is 5.07. The molecule has 2 rings (SSSR count). The molecule has 20 heavy (non-hydrogen) atoms. The van der Waals surface area contributed by atoms with Gasteiger partial charge in [0, 0.05) is 5.56 Å². The molecule has 0 amide bonds. The van der Waals surface area contributed by atoms with Gasteiger partial charge in [-0.1, -0.05) is 19.9 Å². The highest BCUT2D eigenvalue weighted by Crippen LogP contribution is 2.29. The van der Waals surface area contributed by atoms with Crippen molar-refractivity contribution in [2.45, 2.75) is 26.7 Å². The van der Waals surface area contributed by atoms with Gasteiger partial charge in [-0.3, -0.25) is 4.79 Å². The predicted molar refractivity (Wildman–Crippen MR) is 78.1 cm³/mol. The molecule has 4 heteroatoms. The lowest BCUT2D eigenvalue weighted by atomic mass is 9.95. The van der Waals surface area contributed by atoms with Crippen LogP contribution < -0.4 is 5.73 Å². The number of nitrogen functional groups attached to an aromatic ring is 1. The van der Waals surface area contributed by atoms with Crippen molar-refractivity contribution in [2.75, 3.05) is 5.73 Å². The number of nitrogens with two attached hydrogens (primary N) is 1. The van der Waals surface area contributed by atoms with Crippen LogP contribution in [0.3, 0.4) is 0 Å². The maximum absolute atomic E-state index is 13.6. The van der Waals surface area contributed by atoms with Gasteiger partial charge < -0.3 is 5.73 Å². The molecule has 0 atom stereocenters. The molecule has 0 spiro atoms. The Hall–Kier alpha value is -2.23. The van der Waals surface area contributed by atoms with Crippen LogP contribution >= 0.6 is 0 Å². The summed E-state index contributed by atoms with van der Waals surface area (Å²) in [5.41, 5.74) is 8.29. The number of aromatic nitrogens is 1. The van der Waals surface area contributed by atoms with Crippen molar-refractivity contribution in [3.05, 3.63) is 47.4 Å². The zero-order chi connectivity index (χ0) is 14.9. The van der Waals surface area contributed by atoms with E-state index in [1.807, 2.05) is 19.9 Å². The predicted octanol–water partition coefficient (Wildman–Crippen LogP) is 3.80. The van der Waals surface area contributed by atoms with Crippen LogP contribution in [0.4, 0.5) is 10.2 Å². The summed E-state index contributed by atoms with van der Waals surface area (Å²) in [6, 6.07) is 8.09. The van der Waals surface area contributed by atoms with E-state index in [4.69, 9.17) is 5.73 Å². The van der Waals surface area contributed by atoms with Gasteiger partial charge in [0.2, 0.25) is 0 Å². The van der Waals surface area contributed by atoms with Gasteiger partial charge in [-0.15, -0.1) is 0 Å². The molecular formula is C16H17FN2O. The summed E-state index contributed by atoms with van der Waals surface area (Å²) in [5, 5.41) is 0. The van der Waals surface area contributed by atoms with E-state index >= 15 is 0 Å². The molecule has 0 radical (unpaired) electrons. The molecule has 1 aromatic carbocycles. The first-order valence-corrected chi connectivity index (χ1v) is 6.47. The van der Waals surface area contributed by atoms with Crippen molar-refractivity contribution in [3.8, 4) is 11.1 Å². The standard InChI is InChI=1S/C16H17FN2O/c1-9(2)16-12(5-7-15(18)19-16)11-4-6-14(17)13(8-11)10(3)20/h4-9H,1-3H3,(H2,18,19). The van der Waals surface area contributed by atoms with Gasteiger partial charge in [0.05, 0.1) is 11.3 Å². The van der Waals surface area contributed by atoms with E-state index < -0.39 is 5.82 Å². The molecule has 0 saturated carbocycles. The molecule has 0 unspecified atom stereocenters. The Kier molecular flexibility index (Phi) is 3.84. The molecular weight excluding hydrogens is 255 g/mol. The Balaban J connectivity index is 2.63. The van der Waals surface area contributed by atoms with E-state index in [0.717, 1.165) is 16.8 Å². The quantitative estimate of drug-likeness (QED) is 0.865. The monoisotopic (exact) mass is 272 g/mol. The molecule has 1 heterocycles. The number of Topliss-reactive ketones (excluding diaryl/α,β-unsaturated/α-hetero) is 1. The van der Waals surface area contributed by atoms with Gasteiger partial charge in [0.25, 0.3) is 0 Å². The molecule has 0 saturated heterocycles. The molecule has 3 nitrogen and oxygen atoms in total. The molecule has 2 aromatic rings. The van der Waals surface area contributed by atoms with E-state index in [0.29, 0.717) is 5.82 Å². The normalized spacial score (nSPS) is 10.8. The third-order valence-corrected chi connectivity index (χ3v) is 3.15. The van der Waals surface area contributed by atoms with Crippen LogP contribution in [0.5, 0.6) is 0 Å². The molecule has 0 bridgehead atoms. The number of pyridine rings is 1. The summed E-state index contributed by atoms with van der Waals surface area (Å²) in [7, 11) is 0. The van der Waals surface area contributed by atoms with Crippen LogP contribution in [0.25, 0.3) is 11.1 Å². The third kappa shape index (κ3) is 2.69. The van der Waals surface area contributed by atoms with Crippen LogP contribution in [0.15, 0.2) is 30.3 Å². The fourth-order valence-electron chi connectivity index (χ4n) is 2.14. The van der Waals surface area contributed by atoms with Crippen molar-refractivity contribution in [2.24, 2.45) is 0 Å². The van der Waals surface area contributed by atoms with Crippen molar-refractivity contribution in [1.82, 2.24) is 4.98 Å². The Morgan fingerprint density at radius 3 is 2.55 bits per heavy atom. The average Bonchev–Trinajstić information content (AvgIpc) is 2.39. The Morgan fingerprint density at radius 1 is 1.25 bits per heavy atom. The summed E-state index contributed by atoms with van der Waals surface area (Å²) in [6.45, 7) is 5.38. The van der Waals surface area contributed by atoms with E-state index in [2.05, 4.69) is 4.98 Å². The number of halogens is 1. The van der Waals surface area contributed by atoms with Crippen molar-refractivity contribution in [1.29, 1.82) is 0 Å². The average molecular weight is 272 g/mol. The SMILES string of the molecule is CC(=O)c1cc(-c2ccc(N)nc2C(C)C)ccc1F. The first kappa shape index (κ1) is 14.2. The van der Waals surface area contributed by atoms with Crippen LogP contribution in [0.2, 0.25) is 0 Å². The van der Waals surface area contributed by atoms with Crippen molar-refractivity contribution in [3.63, 3.8) is 0 Å². The van der Waals surface area contributed by atoms with Crippen molar-refractivity contribution >= 4 is 11.6 Å². The van der Waals surface area contributed by atoms with Crippen LogP contribution in [0.1, 0.15) is 42.7 Å². The summed E-state index contributed by atoms with van der Waals surface area (Å²) >= 11 is 0. The van der Waals surface area contributed by atoms with Gasteiger partial charge in [-0.2, -0.15) is 0 Å². The van der Waals surface area contributed by atoms with Crippen LogP contribution in [-0.2, 0) is 0 Å². The van der Waals surface area contributed by atoms with Gasteiger partial charge in [0.1, 0.15) is 11.6 Å². The molecule has 0 aliphatic rings. The van der Waals surface area contributed by atoms with Gasteiger partial charge in [-0.05, 0) is 42.7 Å². The minimum absolute atomic E-state index is 0.0917. The summed E-state index contributed by atoms with van der Waals surface area (Å²) < 4.78 is 13.6. The molecule has 2 N–H and O–H groups in total. The molecule has 1 aromatic heterocycles. The summed E-state index contributed by atoms with van der Waals surface area (Å²) in [4.78, 5) is 15.8. The third-order valence-electron chi connectivity index (χ3n) is 3.15. The van der Waals surface area contributed by atoms with E-state index in [9.17, 15) is 9.18 Å². The fraction of sp³-hybridized carbons (Fsp3) is 0.250. The number of benzene rings is 1. The number of nitrogens with zero attached hydrogens (tertiary/aromatic N) is 1. The number of carbonyl (C=O) groups is 1. The van der Waals surface area contributed by atoms with Gasteiger partial charge in [-0.25, -0.2) is 9.37 Å². The van der Waals surface area contributed by atoms with Crippen LogP contribution in [0, 0.1) is 5.82 Å². The largest absolute Gasteiger partial charge is 0.384 e. The Morgan fingerprint density at radius 2 is 1.95 bits per heavy atom. The first-order chi connectivity index (χ1) is 9.40. The topological polar surface area (TPSA) is 56.0 Å². The Bertz CT molecular complexity index is 666. The lowest BCUT2D eigenvalue weighted by Crippen LogP contribution is -2.02. The smallest absolute Gasteiger partial charge is 0.162 e. The molecule has 104 valence electrons. The Labute approximate surface area is 117 Å². The summed E-state index contributed by atoms with van der Waals surface area (Å²) in [5.74, 6) is -0.166. The summed E-state index contributed by atoms with van der Waals surface area (Å²) in [6.07, 6.45) is 0. The number of rotatable bonds is 3. The highest BCUT2D eigenvalue weighted by molar-refractivity contribution is 5.95. The number of hydrogen-bond donors (Lipinski definition) is 1. The number of carbonyl (C=O) groups excluding carboxylic acids is 1. The maximum atomic E-state index is 13.6. The van der Waals surface area contributed by atoms with Crippen LogP contribution in [-0.4, -0.2) is 10.8 Å². The first-order valence-electron chi connectivity index (χ1n) is 6.47. The minimum Gasteiger partial charge on any atom is -0.384 e. The van der Waals surface area contributed by atoms with Gasteiger partial charge in [0.15, 0.2) is 5.78 Å². The lowest BCUT2D eigenvalue weighted by Gasteiger charge is -2.13. The molecule has 0 aliphatic carbocycles. The van der Waals surface area contributed by atoms with E-state index in [-0.39, 0.29) is 17.3 Å².